The Morgan fingerprint density at radius 1 is 0.963 bits per heavy atom. The number of nitrogens with two attached hydrogens (primary N) is 1. The molecule has 0 aliphatic heterocycles. The average Bonchev–Trinajstić information content (AvgIpc) is 3.01. The second-order valence-corrected chi connectivity index (χ2v) is 7.61. The molecule has 2 aromatic carbocycles. The Labute approximate surface area is 153 Å². The molecule has 144 valence electrons. The predicted octanol–water partition coefficient (Wildman–Crippen LogP) is 4.47. The summed E-state index contributed by atoms with van der Waals surface area (Å²) in [4.78, 5) is -0.605. The van der Waals surface area contributed by atoms with Gasteiger partial charge < -0.3 is 4.74 Å². The molecule has 1 aliphatic carbocycles. The molecule has 0 fully saturated rings. The lowest BCUT2D eigenvalue weighted by molar-refractivity contribution is -0.274. The fourth-order valence-electron chi connectivity index (χ4n) is 3.18. The SMILES string of the molecule is NS(=O)(=O)c1ccc(C2=C(c3cccc(OC(F)(F)F)c3)CCC2)cc1F. The van der Waals surface area contributed by atoms with Crippen molar-refractivity contribution in [2.75, 3.05) is 0 Å². The molecule has 0 amide bonds. The molecule has 0 radical (unpaired) electrons. The summed E-state index contributed by atoms with van der Waals surface area (Å²) in [5.74, 6) is -1.31. The largest absolute Gasteiger partial charge is 0.573 e. The Kier molecular flexibility index (Phi) is 5.00. The highest BCUT2D eigenvalue weighted by atomic mass is 32.2. The first kappa shape index (κ1) is 19.4. The van der Waals surface area contributed by atoms with Gasteiger partial charge in [-0.25, -0.2) is 17.9 Å². The summed E-state index contributed by atoms with van der Waals surface area (Å²) in [6.07, 6.45) is -2.86. The van der Waals surface area contributed by atoms with Gasteiger partial charge in [-0.3, -0.25) is 0 Å². The van der Waals surface area contributed by atoms with Crippen molar-refractivity contribution >= 4 is 21.2 Å². The topological polar surface area (TPSA) is 69.4 Å². The van der Waals surface area contributed by atoms with Crippen molar-refractivity contribution in [3.05, 3.63) is 59.4 Å². The molecule has 0 saturated carbocycles. The molecule has 0 heterocycles. The highest BCUT2D eigenvalue weighted by molar-refractivity contribution is 7.89. The van der Waals surface area contributed by atoms with Gasteiger partial charge in [-0.05, 0) is 65.8 Å². The van der Waals surface area contributed by atoms with Crippen molar-refractivity contribution < 1.29 is 30.7 Å². The highest BCUT2D eigenvalue weighted by Gasteiger charge is 2.31. The van der Waals surface area contributed by atoms with Crippen LogP contribution in [0, 0.1) is 5.82 Å². The van der Waals surface area contributed by atoms with E-state index in [9.17, 15) is 26.0 Å². The van der Waals surface area contributed by atoms with Crippen LogP contribution in [0.1, 0.15) is 30.4 Å². The Hall–Kier alpha value is -2.39. The van der Waals surface area contributed by atoms with Crippen LogP contribution in [0.3, 0.4) is 0 Å². The van der Waals surface area contributed by atoms with E-state index in [0.717, 1.165) is 29.7 Å². The minimum atomic E-state index is -4.79. The Bertz CT molecular complexity index is 1010. The lowest BCUT2D eigenvalue weighted by Gasteiger charge is -2.13. The molecule has 2 N–H and O–H groups in total. The number of hydrogen-bond acceptors (Lipinski definition) is 3. The molecule has 0 aromatic heterocycles. The van der Waals surface area contributed by atoms with Crippen LogP contribution in [0.5, 0.6) is 5.75 Å². The van der Waals surface area contributed by atoms with E-state index in [0.29, 0.717) is 24.0 Å². The zero-order valence-corrected chi connectivity index (χ0v) is 14.7. The van der Waals surface area contributed by atoms with Gasteiger partial charge in [0.25, 0.3) is 0 Å². The molecule has 0 saturated heterocycles. The van der Waals surface area contributed by atoms with Crippen LogP contribution < -0.4 is 9.88 Å². The summed E-state index contributed by atoms with van der Waals surface area (Å²) in [5, 5.41) is 4.96. The van der Waals surface area contributed by atoms with E-state index < -0.39 is 27.1 Å². The van der Waals surface area contributed by atoms with Crippen LogP contribution in [-0.4, -0.2) is 14.8 Å². The molecule has 9 heteroatoms. The number of rotatable bonds is 4. The molecule has 1 aliphatic rings. The third kappa shape index (κ3) is 4.48. The first-order chi connectivity index (χ1) is 12.5. The molecular formula is C18H15F4NO3S. The van der Waals surface area contributed by atoms with Crippen LogP contribution in [0.25, 0.3) is 11.1 Å². The number of halogens is 4. The van der Waals surface area contributed by atoms with Crippen molar-refractivity contribution in [3.63, 3.8) is 0 Å². The molecule has 4 nitrogen and oxygen atoms in total. The monoisotopic (exact) mass is 401 g/mol. The molecular weight excluding hydrogens is 386 g/mol. The van der Waals surface area contributed by atoms with Gasteiger partial charge >= 0.3 is 6.36 Å². The number of primary sulfonamides is 1. The van der Waals surface area contributed by atoms with E-state index in [1.807, 2.05) is 0 Å². The van der Waals surface area contributed by atoms with Crippen LogP contribution in [0.2, 0.25) is 0 Å². The molecule has 2 aromatic rings. The predicted molar refractivity (Wildman–Crippen MR) is 91.6 cm³/mol. The van der Waals surface area contributed by atoms with Crippen molar-refractivity contribution in [2.24, 2.45) is 5.14 Å². The Balaban J connectivity index is 2.02. The first-order valence-corrected chi connectivity index (χ1v) is 9.50. The number of allylic oxidation sites excluding steroid dienone is 2. The van der Waals surface area contributed by atoms with E-state index in [4.69, 9.17) is 5.14 Å². The summed E-state index contributed by atoms with van der Waals surface area (Å²) in [7, 11) is -4.18. The fraction of sp³-hybridized carbons (Fsp3) is 0.222. The van der Waals surface area contributed by atoms with Crippen molar-refractivity contribution in [1.29, 1.82) is 0 Å². The van der Waals surface area contributed by atoms with Gasteiger partial charge in [-0.1, -0.05) is 18.2 Å². The van der Waals surface area contributed by atoms with E-state index in [1.54, 1.807) is 6.07 Å². The number of alkyl halides is 3. The molecule has 0 spiro atoms. The quantitative estimate of drug-likeness (QED) is 0.769. The lowest BCUT2D eigenvalue weighted by Crippen LogP contribution is -2.17. The van der Waals surface area contributed by atoms with Crippen LogP contribution >= 0.6 is 0 Å². The Morgan fingerprint density at radius 3 is 2.15 bits per heavy atom. The van der Waals surface area contributed by atoms with Gasteiger partial charge in [0, 0.05) is 0 Å². The summed E-state index contributed by atoms with van der Waals surface area (Å²) in [6.45, 7) is 0. The second-order valence-electron chi connectivity index (χ2n) is 6.08. The minimum absolute atomic E-state index is 0.338. The summed E-state index contributed by atoms with van der Waals surface area (Å²) in [6, 6.07) is 9.20. The number of benzene rings is 2. The van der Waals surface area contributed by atoms with Crippen LogP contribution in [0.15, 0.2) is 47.4 Å². The van der Waals surface area contributed by atoms with E-state index in [1.165, 1.54) is 24.3 Å². The fourth-order valence-corrected chi connectivity index (χ4v) is 3.77. The molecule has 0 bridgehead atoms. The second kappa shape index (κ2) is 6.97. The van der Waals surface area contributed by atoms with Gasteiger partial charge in [-0.2, -0.15) is 0 Å². The van der Waals surface area contributed by atoms with E-state index >= 15 is 0 Å². The molecule has 27 heavy (non-hydrogen) atoms. The molecule has 3 rings (SSSR count). The van der Waals surface area contributed by atoms with Crippen molar-refractivity contribution in [2.45, 2.75) is 30.5 Å². The summed E-state index contributed by atoms with van der Waals surface area (Å²) in [5.41, 5.74) is 2.53. The van der Waals surface area contributed by atoms with Crippen LogP contribution in [-0.2, 0) is 10.0 Å². The minimum Gasteiger partial charge on any atom is -0.406 e. The zero-order valence-electron chi connectivity index (χ0n) is 13.9. The standard InChI is InChI=1S/C18H15F4NO3S/c19-16-10-12(7-8-17(16)27(23,24)25)15-6-2-5-14(15)11-3-1-4-13(9-11)26-18(20,21)22/h1,3-4,7-10H,2,5-6H2,(H2,23,24,25). The number of hydrogen-bond donors (Lipinski definition) is 1. The third-order valence-electron chi connectivity index (χ3n) is 4.22. The molecule has 0 unspecified atom stereocenters. The summed E-state index contributed by atoms with van der Waals surface area (Å²) < 4.78 is 78.1. The first-order valence-electron chi connectivity index (χ1n) is 7.95. The van der Waals surface area contributed by atoms with Gasteiger partial charge in [-0.15, -0.1) is 13.2 Å². The lowest BCUT2D eigenvalue weighted by atomic mass is 9.97. The van der Waals surface area contributed by atoms with Gasteiger partial charge in [0.1, 0.15) is 16.5 Å². The maximum atomic E-state index is 14.2. The van der Waals surface area contributed by atoms with Gasteiger partial charge in [0.2, 0.25) is 10.0 Å². The maximum absolute atomic E-state index is 14.2. The highest BCUT2D eigenvalue weighted by Crippen LogP contribution is 2.41. The van der Waals surface area contributed by atoms with E-state index in [2.05, 4.69) is 4.74 Å². The normalized spacial score (nSPS) is 15.3. The maximum Gasteiger partial charge on any atom is 0.573 e. The smallest absolute Gasteiger partial charge is 0.406 e. The number of sulfonamides is 1. The van der Waals surface area contributed by atoms with Gasteiger partial charge in [0.15, 0.2) is 0 Å². The average molecular weight is 401 g/mol. The van der Waals surface area contributed by atoms with Crippen LogP contribution in [0.4, 0.5) is 17.6 Å². The van der Waals surface area contributed by atoms with Gasteiger partial charge in [0.05, 0.1) is 0 Å². The van der Waals surface area contributed by atoms with E-state index in [-0.39, 0.29) is 5.75 Å². The number of ether oxygens (including phenoxy) is 1. The molecule has 0 atom stereocenters. The third-order valence-corrected chi connectivity index (χ3v) is 5.16. The summed E-state index contributed by atoms with van der Waals surface area (Å²) >= 11 is 0. The van der Waals surface area contributed by atoms with Crippen molar-refractivity contribution in [1.82, 2.24) is 0 Å². The zero-order chi connectivity index (χ0) is 19.8. The Morgan fingerprint density at radius 2 is 1.59 bits per heavy atom. The van der Waals surface area contributed by atoms with Crippen molar-refractivity contribution in [3.8, 4) is 5.75 Å².